The maximum Gasteiger partial charge on any atom is 0.257 e. The van der Waals surface area contributed by atoms with Gasteiger partial charge in [-0.25, -0.2) is 0 Å². The highest BCUT2D eigenvalue weighted by molar-refractivity contribution is 6.08. The van der Waals surface area contributed by atoms with Crippen LogP contribution in [0.3, 0.4) is 0 Å². The molecule has 1 amide bonds. The Hall–Kier alpha value is -2.53. The molecule has 0 aliphatic rings. The van der Waals surface area contributed by atoms with Crippen molar-refractivity contribution in [3.63, 3.8) is 0 Å². The van der Waals surface area contributed by atoms with Crippen LogP contribution >= 0.6 is 0 Å². The van der Waals surface area contributed by atoms with Gasteiger partial charge in [0.15, 0.2) is 0 Å². The van der Waals surface area contributed by atoms with Crippen molar-refractivity contribution in [2.45, 2.75) is 12.8 Å². The third kappa shape index (κ3) is 3.97. The molecule has 0 unspecified atom stereocenters. The average molecular weight is 285 g/mol. The SMILES string of the molecule is Nc1ccc(C(=O)Nc2cccc(CCCO)c2)c(N)c1. The van der Waals surface area contributed by atoms with E-state index in [-0.39, 0.29) is 12.5 Å². The number of anilines is 3. The highest BCUT2D eigenvalue weighted by Crippen LogP contribution is 2.18. The maximum absolute atomic E-state index is 12.2. The van der Waals surface area contributed by atoms with Gasteiger partial charge in [0, 0.05) is 23.7 Å². The number of rotatable bonds is 5. The number of nitrogens with one attached hydrogen (secondary N) is 1. The van der Waals surface area contributed by atoms with Crippen molar-refractivity contribution < 1.29 is 9.90 Å². The summed E-state index contributed by atoms with van der Waals surface area (Å²) in [5, 5.41) is 11.7. The number of hydrogen-bond donors (Lipinski definition) is 4. The molecule has 0 aromatic heterocycles. The molecule has 0 radical (unpaired) electrons. The molecule has 5 heteroatoms. The van der Waals surface area contributed by atoms with Crippen LogP contribution in [0.15, 0.2) is 42.5 Å². The molecule has 0 saturated carbocycles. The van der Waals surface area contributed by atoms with E-state index in [0.29, 0.717) is 29.0 Å². The second-order valence-electron chi connectivity index (χ2n) is 4.83. The molecule has 2 aromatic carbocycles. The van der Waals surface area contributed by atoms with E-state index in [9.17, 15) is 4.79 Å². The molecule has 0 fully saturated rings. The molecule has 21 heavy (non-hydrogen) atoms. The molecule has 2 aromatic rings. The summed E-state index contributed by atoms with van der Waals surface area (Å²) in [5.74, 6) is -0.271. The van der Waals surface area contributed by atoms with E-state index in [2.05, 4.69) is 5.32 Å². The molecule has 0 bridgehead atoms. The first-order valence-electron chi connectivity index (χ1n) is 6.76. The molecule has 2 rings (SSSR count). The molecular weight excluding hydrogens is 266 g/mol. The van der Waals surface area contributed by atoms with Crippen molar-refractivity contribution in [1.29, 1.82) is 0 Å². The predicted octanol–water partition coefficient (Wildman–Crippen LogP) is 2.03. The molecule has 0 atom stereocenters. The van der Waals surface area contributed by atoms with Gasteiger partial charge in [0.2, 0.25) is 0 Å². The van der Waals surface area contributed by atoms with Crippen LogP contribution < -0.4 is 16.8 Å². The molecule has 6 N–H and O–H groups in total. The number of nitrogens with two attached hydrogens (primary N) is 2. The van der Waals surface area contributed by atoms with E-state index in [1.54, 1.807) is 18.2 Å². The smallest absolute Gasteiger partial charge is 0.257 e. The quantitative estimate of drug-likeness (QED) is 0.631. The lowest BCUT2D eigenvalue weighted by atomic mass is 10.1. The van der Waals surface area contributed by atoms with Crippen molar-refractivity contribution in [1.82, 2.24) is 0 Å². The summed E-state index contributed by atoms with van der Waals surface area (Å²) in [6.07, 6.45) is 1.46. The zero-order valence-corrected chi connectivity index (χ0v) is 11.7. The zero-order valence-electron chi connectivity index (χ0n) is 11.7. The number of carbonyl (C=O) groups excluding carboxylic acids is 1. The maximum atomic E-state index is 12.2. The van der Waals surface area contributed by atoms with Crippen LogP contribution in [0.25, 0.3) is 0 Å². The molecule has 0 aliphatic carbocycles. The Labute approximate surface area is 123 Å². The van der Waals surface area contributed by atoms with Crippen LogP contribution in [0.1, 0.15) is 22.3 Å². The highest BCUT2D eigenvalue weighted by Gasteiger charge is 2.10. The first kappa shape index (κ1) is 14.9. The Morgan fingerprint density at radius 1 is 1.14 bits per heavy atom. The van der Waals surface area contributed by atoms with Crippen LogP contribution in [0, 0.1) is 0 Å². The summed E-state index contributed by atoms with van der Waals surface area (Å²) in [6.45, 7) is 0.151. The minimum atomic E-state index is -0.271. The van der Waals surface area contributed by atoms with Crippen LogP contribution in [0.5, 0.6) is 0 Å². The first-order valence-corrected chi connectivity index (χ1v) is 6.76. The topological polar surface area (TPSA) is 101 Å². The van der Waals surface area contributed by atoms with E-state index in [4.69, 9.17) is 16.6 Å². The van der Waals surface area contributed by atoms with Gasteiger partial charge in [-0.15, -0.1) is 0 Å². The molecule has 5 nitrogen and oxygen atoms in total. The molecular formula is C16H19N3O2. The Morgan fingerprint density at radius 2 is 1.95 bits per heavy atom. The van der Waals surface area contributed by atoms with Gasteiger partial charge in [0.05, 0.1) is 5.56 Å². The van der Waals surface area contributed by atoms with Crippen molar-refractivity contribution in [3.8, 4) is 0 Å². The predicted molar refractivity (Wildman–Crippen MR) is 85.1 cm³/mol. The number of nitrogen functional groups attached to an aromatic ring is 2. The fourth-order valence-electron chi connectivity index (χ4n) is 2.07. The molecule has 0 heterocycles. The van der Waals surface area contributed by atoms with Crippen molar-refractivity contribution in [3.05, 3.63) is 53.6 Å². The first-order chi connectivity index (χ1) is 10.1. The third-order valence-corrected chi connectivity index (χ3v) is 3.13. The van der Waals surface area contributed by atoms with Crippen molar-refractivity contribution in [2.24, 2.45) is 0 Å². The second kappa shape index (κ2) is 6.76. The number of carbonyl (C=O) groups is 1. The molecule has 0 saturated heterocycles. The number of amides is 1. The minimum Gasteiger partial charge on any atom is -0.399 e. The van der Waals surface area contributed by atoms with Crippen LogP contribution in [0.4, 0.5) is 17.1 Å². The number of aryl methyl sites for hydroxylation is 1. The van der Waals surface area contributed by atoms with Gasteiger partial charge in [-0.1, -0.05) is 12.1 Å². The zero-order chi connectivity index (χ0) is 15.2. The van der Waals surface area contributed by atoms with Gasteiger partial charge in [-0.3, -0.25) is 4.79 Å². The Balaban J connectivity index is 2.12. The monoisotopic (exact) mass is 285 g/mol. The Bertz CT molecular complexity index is 641. The lowest BCUT2D eigenvalue weighted by Gasteiger charge is -2.09. The lowest BCUT2D eigenvalue weighted by molar-refractivity contribution is 0.102. The molecule has 110 valence electrons. The van der Waals surface area contributed by atoms with Gasteiger partial charge < -0.3 is 21.9 Å². The lowest BCUT2D eigenvalue weighted by Crippen LogP contribution is -2.14. The molecule has 0 aliphatic heterocycles. The standard InChI is InChI=1S/C16H19N3O2/c17-12-6-7-14(15(18)10-12)16(21)19-13-5-1-3-11(9-13)4-2-8-20/h1,3,5-7,9-10,20H,2,4,8,17-18H2,(H,19,21). The summed E-state index contributed by atoms with van der Waals surface area (Å²) in [7, 11) is 0. The van der Waals surface area contributed by atoms with E-state index in [1.165, 1.54) is 0 Å². The Morgan fingerprint density at radius 3 is 2.67 bits per heavy atom. The number of aliphatic hydroxyl groups is 1. The molecule has 0 spiro atoms. The summed E-state index contributed by atoms with van der Waals surface area (Å²) >= 11 is 0. The van der Waals surface area contributed by atoms with E-state index < -0.39 is 0 Å². The van der Waals surface area contributed by atoms with Crippen molar-refractivity contribution in [2.75, 3.05) is 23.4 Å². The fraction of sp³-hybridized carbons (Fsp3) is 0.188. The van der Waals surface area contributed by atoms with Crippen LogP contribution in [-0.4, -0.2) is 17.6 Å². The van der Waals surface area contributed by atoms with E-state index in [0.717, 1.165) is 12.0 Å². The van der Waals surface area contributed by atoms with Gasteiger partial charge >= 0.3 is 0 Å². The largest absolute Gasteiger partial charge is 0.399 e. The summed E-state index contributed by atoms with van der Waals surface area (Å²) in [4.78, 5) is 12.2. The van der Waals surface area contributed by atoms with E-state index >= 15 is 0 Å². The summed E-state index contributed by atoms with van der Waals surface area (Å²) < 4.78 is 0. The van der Waals surface area contributed by atoms with Gasteiger partial charge in [0.1, 0.15) is 0 Å². The summed E-state index contributed by atoms with van der Waals surface area (Å²) in [5.41, 5.74) is 14.4. The summed E-state index contributed by atoms with van der Waals surface area (Å²) in [6, 6.07) is 12.3. The fourth-order valence-corrected chi connectivity index (χ4v) is 2.07. The van der Waals surface area contributed by atoms with Gasteiger partial charge in [-0.2, -0.15) is 0 Å². The average Bonchev–Trinajstić information content (AvgIpc) is 2.45. The van der Waals surface area contributed by atoms with Crippen LogP contribution in [0.2, 0.25) is 0 Å². The number of hydrogen-bond acceptors (Lipinski definition) is 4. The number of benzene rings is 2. The minimum absolute atomic E-state index is 0.151. The highest BCUT2D eigenvalue weighted by atomic mass is 16.2. The Kier molecular flexibility index (Phi) is 4.79. The normalized spacial score (nSPS) is 10.3. The number of aliphatic hydroxyl groups excluding tert-OH is 1. The van der Waals surface area contributed by atoms with E-state index in [1.807, 2.05) is 24.3 Å². The van der Waals surface area contributed by atoms with Gasteiger partial charge in [-0.05, 0) is 48.7 Å². The third-order valence-electron chi connectivity index (χ3n) is 3.13. The van der Waals surface area contributed by atoms with Gasteiger partial charge in [0.25, 0.3) is 5.91 Å². The van der Waals surface area contributed by atoms with Crippen molar-refractivity contribution >= 4 is 23.0 Å². The van der Waals surface area contributed by atoms with Crippen LogP contribution in [-0.2, 0) is 6.42 Å². The second-order valence-corrected chi connectivity index (χ2v) is 4.83.